The smallest absolute Gasteiger partial charge is 0.166 e. The van der Waals surface area contributed by atoms with E-state index in [-0.39, 0.29) is 11.2 Å². The van der Waals surface area contributed by atoms with Gasteiger partial charge < -0.3 is 15.7 Å². The van der Waals surface area contributed by atoms with Gasteiger partial charge in [0.15, 0.2) is 11.5 Å². The molecule has 0 bridgehead atoms. The number of hydrogen-bond acceptors (Lipinski definition) is 4. The van der Waals surface area contributed by atoms with Crippen LogP contribution >= 0.6 is 0 Å². The van der Waals surface area contributed by atoms with Gasteiger partial charge in [0.2, 0.25) is 0 Å². The van der Waals surface area contributed by atoms with Gasteiger partial charge in [-0.2, -0.15) is 5.10 Å². The third-order valence-corrected chi connectivity index (χ3v) is 2.40. The lowest BCUT2D eigenvalue weighted by molar-refractivity contribution is 0.371. The maximum atomic E-state index is 9.84. The molecule has 0 amide bonds. The van der Waals surface area contributed by atoms with Crippen LogP contribution in [-0.4, -0.2) is 18.4 Å². The molecule has 0 spiro atoms. The van der Waals surface area contributed by atoms with E-state index in [9.17, 15) is 5.11 Å². The molecule has 4 heteroatoms. The van der Waals surface area contributed by atoms with Crippen molar-refractivity contribution in [2.45, 2.75) is 26.2 Å². The Morgan fingerprint density at radius 3 is 2.44 bits per heavy atom. The van der Waals surface area contributed by atoms with Crippen molar-refractivity contribution < 1.29 is 9.84 Å². The predicted octanol–water partition coefficient (Wildman–Crippen LogP) is 1.99. The number of rotatable bonds is 2. The van der Waals surface area contributed by atoms with E-state index in [1.807, 2.05) is 12.1 Å². The molecule has 88 valence electrons. The van der Waals surface area contributed by atoms with E-state index >= 15 is 0 Å². The molecular weight excluding hydrogens is 204 g/mol. The SMILES string of the molecule is COc1cc(C(C)(C)C)cc(C=NN)c1O. The van der Waals surface area contributed by atoms with Crippen LogP contribution in [0.2, 0.25) is 0 Å². The fourth-order valence-corrected chi connectivity index (χ4v) is 1.40. The Balaban J connectivity index is 3.40. The highest BCUT2D eigenvalue weighted by atomic mass is 16.5. The molecular formula is C12H18N2O2. The lowest BCUT2D eigenvalue weighted by Gasteiger charge is -2.21. The van der Waals surface area contributed by atoms with Crippen molar-refractivity contribution in [2.75, 3.05) is 7.11 Å². The lowest BCUT2D eigenvalue weighted by atomic mass is 9.86. The third-order valence-electron chi connectivity index (χ3n) is 2.40. The summed E-state index contributed by atoms with van der Waals surface area (Å²) in [5.41, 5.74) is 1.59. The predicted molar refractivity (Wildman–Crippen MR) is 65.1 cm³/mol. The minimum Gasteiger partial charge on any atom is -0.504 e. The summed E-state index contributed by atoms with van der Waals surface area (Å²) in [5, 5.41) is 13.3. The third kappa shape index (κ3) is 2.45. The molecule has 16 heavy (non-hydrogen) atoms. The van der Waals surface area contributed by atoms with Crippen LogP contribution in [0.15, 0.2) is 17.2 Å². The molecule has 0 aliphatic heterocycles. The van der Waals surface area contributed by atoms with Crippen molar-refractivity contribution in [2.24, 2.45) is 10.9 Å². The zero-order chi connectivity index (χ0) is 12.3. The van der Waals surface area contributed by atoms with Crippen LogP contribution in [0.4, 0.5) is 0 Å². The van der Waals surface area contributed by atoms with Crippen molar-refractivity contribution in [3.63, 3.8) is 0 Å². The lowest BCUT2D eigenvalue weighted by Crippen LogP contribution is -2.12. The average molecular weight is 222 g/mol. The van der Waals surface area contributed by atoms with Gasteiger partial charge in [-0.05, 0) is 23.1 Å². The van der Waals surface area contributed by atoms with Crippen LogP contribution in [0.3, 0.4) is 0 Å². The van der Waals surface area contributed by atoms with E-state index in [2.05, 4.69) is 25.9 Å². The first-order valence-corrected chi connectivity index (χ1v) is 5.05. The van der Waals surface area contributed by atoms with Crippen molar-refractivity contribution in [3.05, 3.63) is 23.3 Å². The molecule has 0 aromatic heterocycles. The molecule has 0 fully saturated rings. The highest BCUT2D eigenvalue weighted by Crippen LogP contribution is 2.34. The van der Waals surface area contributed by atoms with Crippen molar-refractivity contribution in [3.8, 4) is 11.5 Å². The number of ether oxygens (including phenoxy) is 1. The fourth-order valence-electron chi connectivity index (χ4n) is 1.40. The Labute approximate surface area is 95.7 Å². The molecule has 1 aromatic rings. The van der Waals surface area contributed by atoms with Crippen molar-refractivity contribution in [1.29, 1.82) is 0 Å². The number of benzene rings is 1. The molecule has 4 nitrogen and oxygen atoms in total. The first-order valence-electron chi connectivity index (χ1n) is 5.05. The van der Waals surface area contributed by atoms with Gasteiger partial charge in [0, 0.05) is 5.56 Å². The van der Waals surface area contributed by atoms with E-state index < -0.39 is 0 Å². The van der Waals surface area contributed by atoms with E-state index in [0.717, 1.165) is 5.56 Å². The summed E-state index contributed by atoms with van der Waals surface area (Å²) < 4.78 is 5.12. The maximum Gasteiger partial charge on any atom is 0.166 e. The van der Waals surface area contributed by atoms with Gasteiger partial charge >= 0.3 is 0 Å². The van der Waals surface area contributed by atoms with Crippen LogP contribution in [0.25, 0.3) is 0 Å². The van der Waals surface area contributed by atoms with Gasteiger partial charge in [-0.25, -0.2) is 0 Å². The normalized spacial score (nSPS) is 12.0. The number of hydrazone groups is 1. The summed E-state index contributed by atoms with van der Waals surface area (Å²) in [6.45, 7) is 6.26. The largest absolute Gasteiger partial charge is 0.504 e. The number of methoxy groups -OCH3 is 1. The Morgan fingerprint density at radius 2 is 2.00 bits per heavy atom. The van der Waals surface area contributed by atoms with E-state index in [0.29, 0.717) is 11.3 Å². The number of nitrogens with zero attached hydrogens (tertiary/aromatic N) is 1. The second kappa shape index (κ2) is 4.43. The molecule has 3 N–H and O–H groups in total. The number of phenols is 1. The highest BCUT2D eigenvalue weighted by Gasteiger charge is 2.18. The second-order valence-corrected chi connectivity index (χ2v) is 4.64. The molecule has 0 aliphatic carbocycles. The molecule has 0 radical (unpaired) electrons. The minimum atomic E-state index is -0.0296. The topological polar surface area (TPSA) is 67.8 Å². The number of nitrogens with two attached hydrogens (primary N) is 1. The molecule has 1 rings (SSSR count). The van der Waals surface area contributed by atoms with E-state index in [4.69, 9.17) is 10.6 Å². The monoisotopic (exact) mass is 222 g/mol. The van der Waals surface area contributed by atoms with Gasteiger partial charge in [-0.1, -0.05) is 20.8 Å². The van der Waals surface area contributed by atoms with Crippen LogP contribution < -0.4 is 10.6 Å². The summed E-state index contributed by atoms with van der Waals surface area (Å²) in [6.07, 6.45) is 1.41. The zero-order valence-electron chi connectivity index (χ0n) is 10.1. The average Bonchev–Trinajstić information content (AvgIpc) is 2.19. The summed E-state index contributed by atoms with van der Waals surface area (Å²) >= 11 is 0. The number of aromatic hydroxyl groups is 1. The van der Waals surface area contributed by atoms with Gasteiger partial charge in [-0.15, -0.1) is 0 Å². The standard InChI is InChI=1S/C12H18N2O2/c1-12(2,3)9-5-8(7-14-13)11(15)10(6-9)16-4/h5-7,15H,13H2,1-4H3. The molecule has 0 heterocycles. The Hall–Kier alpha value is -1.71. The first-order chi connectivity index (χ1) is 7.40. The van der Waals surface area contributed by atoms with Gasteiger partial charge in [0.25, 0.3) is 0 Å². The van der Waals surface area contributed by atoms with Crippen molar-refractivity contribution >= 4 is 6.21 Å². The maximum absolute atomic E-state index is 9.84. The number of phenolic OH excluding ortho intramolecular Hbond substituents is 1. The number of hydrogen-bond donors (Lipinski definition) is 2. The molecule has 0 unspecified atom stereocenters. The van der Waals surface area contributed by atoms with Crippen LogP contribution in [0.5, 0.6) is 11.5 Å². The van der Waals surface area contributed by atoms with Crippen molar-refractivity contribution in [1.82, 2.24) is 0 Å². The van der Waals surface area contributed by atoms with Gasteiger partial charge in [-0.3, -0.25) is 0 Å². The summed E-state index contributed by atoms with van der Waals surface area (Å²) in [5.74, 6) is 5.59. The Morgan fingerprint density at radius 1 is 1.38 bits per heavy atom. The molecule has 1 aromatic carbocycles. The summed E-state index contributed by atoms with van der Waals surface area (Å²) in [6, 6.07) is 3.68. The Bertz CT molecular complexity index is 406. The fraction of sp³-hybridized carbons (Fsp3) is 0.417. The highest BCUT2D eigenvalue weighted by molar-refractivity contribution is 5.85. The van der Waals surface area contributed by atoms with E-state index in [1.165, 1.54) is 13.3 Å². The summed E-state index contributed by atoms with van der Waals surface area (Å²) in [7, 11) is 1.52. The quantitative estimate of drug-likeness (QED) is 0.457. The molecule has 0 saturated carbocycles. The molecule has 0 saturated heterocycles. The zero-order valence-corrected chi connectivity index (χ0v) is 10.1. The van der Waals surface area contributed by atoms with Gasteiger partial charge in [0.05, 0.1) is 13.3 Å². The molecule has 0 atom stereocenters. The van der Waals surface area contributed by atoms with E-state index in [1.54, 1.807) is 0 Å². The summed E-state index contributed by atoms with van der Waals surface area (Å²) in [4.78, 5) is 0. The van der Waals surface area contributed by atoms with Crippen LogP contribution in [0, 0.1) is 0 Å². The minimum absolute atomic E-state index is 0.0296. The van der Waals surface area contributed by atoms with Crippen LogP contribution in [0.1, 0.15) is 31.9 Å². The molecule has 0 aliphatic rings. The Kier molecular flexibility index (Phi) is 3.42. The second-order valence-electron chi connectivity index (χ2n) is 4.64. The van der Waals surface area contributed by atoms with Gasteiger partial charge in [0.1, 0.15) is 0 Å². The van der Waals surface area contributed by atoms with Crippen LogP contribution in [-0.2, 0) is 5.41 Å². The first kappa shape index (κ1) is 12.4.